The van der Waals surface area contributed by atoms with Gasteiger partial charge in [-0.25, -0.2) is 5.43 Å². The third-order valence-electron chi connectivity index (χ3n) is 2.96. The number of carbonyl (C=O) groups excluding carboxylic acids is 1. The Bertz CT molecular complexity index is 792. The van der Waals surface area contributed by atoms with Crippen LogP contribution in [0.4, 0.5) is 5.69 Å². The number of aromatic amines is 1. The molecule has 1 amide bonds. The Morgan fingerprint density at radius 3 is 2.43 bits per heavy atom. The number of rotatable bonds is 3. The van der Waals surface area contributed by atoms with Crippen LogP contribution >= 0.6 is 34.8 Å². The van der Waals surface area contributed by atoms with E-state index in [0.29, 0.717) is 5.71 Å². The average molecular weight is 375 g/mol. The number of carbonyl (C=O) groups is 1. The molecule has 0 bridgehead atoms. The Kier molecular flexibility index (Phi) is 5.30. The molecule has 0 atom stereocenters. The summed E-state index contributed by atoms with van der Waals surface area (Å²) in [6, 6.07) is 6.36. The highest BCUT2D eigenvalue weighted by atomic mass is 35.5. The van der Waals surface area contributed by atoms with E-state index in [1.165, 1.54) is 12.1 Å². The highest BCUT2D eigenvalue weighted by molar-refractivity contribution is 6.45. The number of pyridine rings is 1. The van der Waals surface area contributed by atoms with E-state index in [-0.39, 0.29) is 32.3 Å². The molecule has 23 heavy (non-hydrogen) atoms. The lowest BCUT2D eigenvalue weighted by Gasteiger charge is -2.04. The quantitative estimate of drug-likeness (QED) is 0.437. The molecule has 1 heterocycles. The van der Waals surface area contributed by atoms with Gasteiger partial charge >= 0.3 is 5.91 Å². The lowest BCUT2D eigenvalue weighted by atomic mass is 10.1. The van der Waals surface area contributed by atoms with Gasteiger partial charge in [0.05, 0.1) is 11.4 Å². The maximum absolute atomic E-state index is 12.1. The van der Waals surface area contributed by atoms with E-state index in [4.69, 9.17) is 40.5 Å². The molecule has 1 aromatic heterocycles. The predicted molar refractivity (Wildman–Crippen MR) is 90.2 cm³/mol. The van der Waals surface area contributed by atoms with E-state index in [9.17, 15) is 9.90 Å². The van der Waals surface area contributed by atoms with Crippen LogP contribution in [0.2, 0.25) is 15.2 Å². The summed E-state index contributed by atoms with van der Waals surface area (Å²) in [5.74, 6) is -0.489. The number of halogens is 3. The van der Waals surface area contributed by atoms with E-state index in [1.54, 1.807) is 19.1 Å². The zero-order chi connectivity index (χ0) is 17.1. The van der Waals surface area contributed by atoms with Gasteiger partial charge in [-0.1, -0.05) is 23.2 Å². The number of benzene rings is 1. The number of hydrogen-bond acceptors (Lipinski definition) is 4. The van der Waals surface area contributed by atoms with Gasteiger partial charge in [-0.15, -0.1) is 0 Å². The van der Waals surface area contributed by atoms with Crippen LogP contribution in [0, 0.1) is 0 Å². The van der Waals surface area contributed by atoms with E-state index >= 15 is 0 Å². The maximum Gasteiger partial charge on any atom is 0.337 e. The Morgan fingerprint density at radius 1 is 1.22 bits per heavy atom. The van der Waals surface area contributed by atoms with Crippen molar-refractivity contribution in [1.82, 2.24) is 5.43 Å². The molecule has 0 radical (unpaired) electrons. The summed E-state index contributed by atoms with van der Waals surface area (Å²) in [6.07, 6.45) is 0. The highest BCUT2D eigenvalue weighted by Crippen LogP contribution is 2.31. The van der Waals surface area contributed by atoms with Crippen LogP contribution in [0.5, 0.6) is 5.75 Å². The van der Waals surface area contributed by atoms with Gasteiger partial charge in [-0.3, -0.25) is 4.79 Å². The molecule has 0 aliphatic heterocycles. The summed E-state index contributed by atoms with van der Waals surface area (Å²) in [7, 11) is 0. The molecule has 0 spiro atoms. The van der Waals surface area contributed by atoms with Crippen LogP contribution < -0.4 is 16.1 Å². The number of hydrogen-bond donors (Lipinski definition) is 3. The van der Waals surface area contributed by atoms with E-state index in [0.717, 1.165) is 5.56 Å². The van der Waals surface area contributed by atoms with Crippen molar-refractivity contribution in [2.45, 2.75) is 6.92 Å². The van der Waals surface area contributed by atoms with Crippen molar-refractivity contribution in [1.29, 1.82) is 0 Å². The number of hydrazone groups is 1. The molecule has 0 fully saturated rings. The zero-order valence-electron chi connectivity index (χ0n) is 11.8. The Labute approximate surface area is 146 Å². The summed E-state index contributed by atoms with van der Waals surface area (Å²) in [5.41, 5.74) is 9.22. The number of H-pyrrole nitrogens is 1. The number of aromatic nitrogens is 1. The standard InChI is InChI=1S/C14H11Cl3N4O2/c1-6(7-2-4-8(22)5-3-7)20-21-14(23)12-9(15)11(18)10(16)13(17)19-12/h2-5,22H,1H3,(H2,18,19)(H,21,23)/p+1/b20-6+. The van der Waals surface area contributed by atoms with E-state index in [2.05, 4.69) is 15.5 Å². The first kappa shape index (κ1) is 17.3. The molecular formula is C14H12Cl3N4O2+. The van der Waals surface area contributed by atoms with Gasteiger partial charge in [0.15, 0.2) is 0 Å². The Balaban J connectivity index is 2.23. The lowest BCUT2D eigenvalue weighted by Crippen LogP contribution is -2.29. The molecule has 120 valence electrons. The number of aromatic hydroxyl groups is 1. The molecule has 0 saturated carbocycles. The van der Waals surface area contributed by atoms with Crippen molar-refractivity contribution in [2.75, 3.05) is 5.73 Å². The Hall–Kier alpha value is -2.02. The summed E-state index contributed by atoms with van der Waals surface area (Å²) < 4.78 is 0. The van der Waals surface area contributed by atoms with Crippen molar-refractivity contribution in [3.8, 4) is 5.75 Å². The topological polar surface area (TPSA) is 102 Å². The number of nitrogens with zero attached hydrogens (tertiary/aromatic N) is 1. The second-order valence-electron chi connectivity index (χ2n) is 4.54. The third kappa shape index (κ3) is 3.85. The lowest BCUT2D eigenvalue weighted by molar-refractivity contribution is -0.379. The second kappa shape index (κ2) is 7.04. The fourth-order valence-corrected chi connectivity index (χ4v) is 2.30. The van der Waals surface area contributed by atoms with Crippen molar-refractivity contribution >= 4 is 52.1 Å². The predicted octanol–water partition coefficient (Wildman–Crippen LogP) is 2.90. The molecule has 5 N–H and O–H groups in total. The van der Waals surface area contributed by atoms with Gasteiger partial charge in [0, 0.05) is 0 Å². The zero-order valence-corrected chi connectivity index (χ0v) is 14.1. The number of amides is 1. The Morgan fingerprint density at radius 2 is 1.83 bits per heavy atom. The molecular weight excluding hydrogens is 363 g/mol. The van der Waals surface area contributed by atoms with Gasteiger partial charge in [-0.05, 0) is 48.4 Å². The fourth-order valence-electron chi connectivity index (χ4n) is 1.68. The number of nitrogen functional groups attached to an aromatic ring is 1. The minimum absolute atomic E-state index is 0.00136. The first-order valence-corrected chi connectivity index (χ1v) is 7.44. The number of phenolic OH excluding ortho intramolecular Hbond substituents is 1. The minimum atomic E-state index is -0.626. The molecule has 9 heteroatoms. The van der Waals surface area contributed by atoms with Gasteiger partial charge in [0.25, 0.3) is 10.8 Å². The van der Waals surface area contributed by atoms with Crippen LogP contribution in [0.15, 0.2) is 29.4 Å². The monoisotopic (exact) mass is 373 g/mol. The third-order valence-corrected chi connectivity index (χ3v) is 4.12. The minimum Gasteiger partial charge on any atom is -0.508 e. The van der Waals surface area contributed by atoms with Crippen molar-refractivity contribution in [3.63, 3.8) is 0 Å². The molecule has 6 nitrogen and oxygen atoms in total. The largest absolute Gasteiger partial charge is 0.508 e. The van der Waals surface area contributed by atoms with Crippen LogP contribution in [0.3, 0.4) is 0 Å². The molecule has 2 rings (SSSR count). The average Bonchev–Trinajstić information content (AvgIpc) is 2.54. The summed E-state index contributed by atoms with van der Waals surface area (Å²) >= 11 is 17.6. The van der Waals surface area contributed by atoms with Crippen LogP contribution in [0.25, 0.3) is 0 Å². The summed E-state index contributed by atoms with van der Waals surface area (Å²) in [4.78, 5) is 14.7. The van der Waals surface area contributed by atoms with Crippen molar-refractivity contribution < 1.29 is 14.9 Å². The summed E-state index contributed by atoms with van der Waals surface area (Å²) in [6.45, 7) is 1.70. The normalized spacial score (nSPS) is 11.4. The van der Waals surface area contributed by atoms with Crippen LogP contribution in [0.1, 0.15) is 23.0 Å². The van der Waals surface area contributed by atoms with Crippen molar-refractivity contribution in [2.24, 2.45) is 5.10 Å². The van der Waals surface area contributed by atoms with Crippen LogP contribution in [-0.4, -0.2) is 16.7 Å². The number of phenols is 1. The van der Waals surface area contributed by atoms with Gasteiger partial charge in [0.1, 0.15) is 15.8 Å². The molecule has 0 saturated heterocycles. The molecule has 2 aromatic rings. The van der Waals surface area contributed by atoms with Crippen molar-refractivity contribution in [3.05, 3.63) is 50.7 Å². The van der Waals surface area contributed by atoms with Gasteiger partial charge in [0.2, 0.25) is 0 Å². The van der Waals surface area contributed by atoms with Gasteiger partial charge in [-0.2, -0.15) is 10.1 Å². The number of anilines is 1. The first-order valence-electron chi connectivity index (χ1n) is 6.30. The van der Waals surface area contributed by atoms with Crippen LogP contribution in [-0.2, 0) is 0 Å². The molecule has 0 aliphatic carbocycles. The van der Waals surface area contributed by atoms with E-state index < -0.39 is 5.91 Å². The van der Waals surface area contributed by atoms with E-state index in [1.807, 2.05) is 0 Å². The van der Waals surface area contributed by atoms with Gasteiger partial charge < -0.3 is 10.8 Å². The first-order chi connectivity index (χ1) is 10.8. The molecule has 1 aromatic carbocycles. The number of nitrogens with one attached hydrogen (secondary N) is 2. The maximum atomic E-state index is 12.1. The number of nitrogens with two attached hydrogens (primary N) is 1. The summed E-state index contributed by atoms with van der Waals surface area (Å²) in [5, 5.41) is 13.2. The molecule has 0 aliphatic rings. The SMILES string of the molecule is C/C(=N\NC(=O)c1[nH+]c(Cl)c(Cl)c(N)c1Cl)c1ccc(O)cc1. The molecule has 0 unspecified atom stereocenters. The second-order valence-corrected chi connectivity index (χ2v) is 5.67. The smallest absolute Gasteiger partial charge is 0.337 e. The highest BCUT2D eigenvalue weighted by Gasteiger charge is 2.25. The fraction of sp³-hybridized carbons (Fsp3) is 0.0714.